The number of aromatic nitrogens is 2. The Kier molecular flexibility index (Phi) is 3.83. The quantitative estimate of drug-likeness (QED) is 0.770. The first kappa shape index (κ1) is 15.9. The van der Waals surface area contributed by atoms with Crippen molar-refractivity contribution < 1.29 is 4.79 Å². The molecule has 25 heavy (non-hydrogen) atoms. The number of amides is 1. The van der Waals surface area contributed by atoms with Crippen LogP contribution >= 0.6 is 0 Å². The zero-order valence-electron chi connectivity index (χ0n) is 15.0. The van der Waals surface area contributed by atoms with Crippen molar-refractivity contribution in [2.75, 3.05) is 5.32 Å². The van der Waals surface area contributed by atoms with Gasteiger partial charge in [0.15, 0.2) is 0 Å². The third-order valence-electron chi connectivity index (χ3n) is 5.37. The van der Waals surface area contributed by atoms with Gasteiger partial charge in [0.25, 0.3) is 0 Å². The number of nitrogens with one attached hydrogen (secondary N) is 1. The highest BCUT2D eigenvalue weighted by Gasteiger charge is 2.28. The third-order valence-corrected chi connectivity index (χ3v) is 5.37. The first-order valence-corrected chi connectivity index (χ1v) is 8.86. The van der Waals surface area contributed by atoms with Crippen molar-refractivity contribution in [3.8, 4) is 0 Å². The molecule has 1 atom stereocenters. The number of rotatable bonds is 2. The van der Waals surface area contributed by atoms with Crippen LogP contribution in [0.25, 0.3) is 5.65 Å². The van der Waals surface area contributed by atoms with Gasteiger partial charge < -0.3 is 9.72 Å². The summed E-state index contributed by atoms with van der Waals surface area (Å²) in [5.41, 5.74) is 7.77. The molecule has 0 saturated heterocycles. The third kappa shape index (κ3) is 2.82. The standard InChI is InChI=1S/C21H23N3O/c1-13-9-10-24-19-12-16(7-8-18(19)22-20(24)11-13)21(25)23-17-6-4-5-14(2)15(17)3/h4-6,9-11,16H,7-8,12H2,1-3H3,(H,23,25). The van der Waals surface area contributed by atoms with Gasteiger partial charge in [-0.1, -0.05) is 12.1 Å². The minimum absolute atomic E-state index is 0.00591. The SMILES string of the molecule is Cc1ccn2c3c(nc2c1)CCC(C(=O)Nc1cccc(C)c1C)C3. The smallest absolute Gasteiger partial charge is 0.227 e. The second-order valence-electron chi connectivity index (χ2n) is 7.11. The molecule has 0 saturated carbocycles. The summed E-state index contributed by atoms with van der Waals surface area (Å²) in [5, 5.41) is 3.13. The van der Waals surface area contributed by atoms with Gasteiger partial charge in [-0.2, -0.15) is 0 Å². The van der Waals surface area contributed by atoms with E-state index < -0.39 is 0 Å². The molecule has 1 aromatic carbocycles. The molecule has 2 heterocycles. The first-order valence-electron chi connectivity index (χ1n) is 8.86. The molecule has 4 nitrogen and oxygen atoms in total. The van der Waals surface area contributed by atoms with E-state index in [1.165, 1.54) is 16.8 Å². The number of anilines is 1. The predicted molar refractivity (Wildman–Crippen MR) is 100.0 cm³/mol. The van der Waals surface area contributed by atoms with Crippen molar-refractivity contribution in [1.29, 1.82) is 0 Å². The predicted octanol–water partition coefficient (Wildman–Crippen LogP) is 4.00. The molecule has 4 heteroatoms. The van der Waals surface area contributed by atoms with Crippen LogP contribution in [0.5, 0.6) is 0 Å². The summed E-state index contributed by atoms with van der Waals surface area (Å²) < 4.78 is 2.14. The summed E-state index contributed by atoms with van der Waals surface area (Å²) in [7, 11) is 0. The number of carbonyl (C=O) groups excluding carboxylic acids is 1. The van der Waals surface area contributed by atoms with E-state index >= 15 is 0 Å². The molecule has 3 aromatic rings. The lowest BCUT2D eigenvalue weighted by molar-refractivity contribution is -0.120. The minimum atomic E-state index is -0.00591. The molecule has 0 spiro atoms. The van der Waals surface area contributed by atoms with E-state index in [1.54, 1.807) is 0 Å². The lowest BCUT2D eigenvalue weighted by atomic mass is 9.89. The molecule has 128 valence electrons. The van der Waals surface area contributed by atoms with Gasteiger partial charge in [0, 0.05) is 29.9 Å². The van der Waals surface area contributed by atoms with Crippen LogP contribution in [0.4, 0.5) is 5.69 Å². The van der Waals surface area contributed by atoms with E-state index in [9.17, 15) is 4.79 Å². The van der Waals surface area contributed by atoms with E-state index in [0.717, 1.165) is 41.9 Å². The van der Waals surface area contributed by atoms with E-state index in [-0.39, 0.29) is 11.8 Å². The maximum absolute atomic E-state index is 12.8. The molecule has 1 aliphatic carbocycles. The zero-order valence-corrected chi connectivity index (χ0v) is 15.0. The van der Waals surface area contributed by atoms with Crippen molar-refractivity contribution in [2.24, 2.45) is 5.92 Å². The monoisotopic (exact) mass is 333 g/mol. The fourth-order valence-electron chi connectivity index (χ4n) is 3.65. The van der Waals surface area contributed by atoms with Crippen LogP contribution in [0.2, 0.25) is 0 Å². The van der Waals surface area contributed by atoms with Crippen molar-refractivity contribution >= 4 is 17.2 Å². The van der Waals surface area contributed by atoms with E-state index in [0.29, 0.717) is 0 Å². The maximum atomic E-state index is 12.8. The molecule has 4 rings (SSSR count). The Balaban J connectivity index is 1.58. The Morgan fingerprint density at radius 2 is 2.08 bits per heavy atom. The Morgan fingerprint density at radius 1 is 1.24 bits per heavy atom. The van der Waals surface area contributed by atoms with Crippen molar-refractivity contribution in [3.63, 3.8) is 0 Å². The van der Waals surface area contributed by atoms with Crippen LogP contribution in [0.15, 0.2) is 36.5 Å². The number of hydrogen-bond donors (Lipinski definition) is 1. The van der Waals surface area contributed by atoms with Gasteiger partial charge in [-0.3, -0.25) is 4.79 Å². The summed E-state index contributed by atoms with van der Waals surface area (Å²) in [6, 6.07) is 10.2. The minimum Gasteiger partial charge on any atom is -0.326 e. The molecule has 2 aromatic heterocycles. The van der Waals surface area contributed by atoms with Gasteiger partial charge in [-0.25, -0.2) is 4.98 Å². The molecule has 1 N–H and O–H groups in total. The summed E-state index contributed by atoms with van der Waals surface area (Å²) in [4.78, 5) is 17.6. The van der Waals surface area contributed by atoms with Crippen LogP contribution in [-0.2, 0) is 17.6 Å². The van der Waals surface area contributed by atoms with Crippen molar-refractivity contribution in [2.45, 2.75) is 40.0 Å². The zero-order chi connectivity index (χ0) is 17.6. The second-order valence-corrected chi connectivity index (χ2v) is 7.11. The molecular weight excluding hydrogens is 310 g/mol. The number of benzene rings is 1. The largest absolute Gasteiger partial charge is 0.326 e. The number of aryl methyl sites for hydroxylation is 3. The highest BCUT2D eigenvalue weighted by atomic mass is 16.1. The summed E-state index contributed by atoms with van der Waals surface area (Å²) in [6.45, 7) is 6.20. The van der Waals surface area contributed by atoms with Crippen LogP contribution < -0.4 is 5.32 Å². The summed E-state index contributed by atoms with van der Waals surface area (Å²) in [6.07, 6.45) is 4.53. The Hall–Kier alpha value is -2.62. The lowest BCUT2D eigenvalue weighted by Crippen LogP contribution is -2.29. The number of imidazole rings is 1. The van der Waals surface area contributed by atoms with Gasteiger partial charge in [0.1, 0.15) is 5.65 Å². The Bertz CT molecular complexity index is 971. The molecule has 0 fully saturated rings. The molecule has 0 radical (unpaired) electrons. The molecule has 0 aliphatic heterocycles. The second kappa shape index (κ2) is 6.03. The number of carbonyl (C=O) groups is 1. The van der Waals surface area contributed by atoms with Crippen LogP contribution in [-0.4, -0.2) is 15.3 Å². The average Bonchev–Trinajstić information content (AvgIpc) is 2.95. The lowest BCUT2D eigenvalue weighted by Gasteiger charge is -2.22. The molecule has 0 bridgehead atoms. The highest BCUT2D eigenvalue weighted by molar-refractivity contribution is 5.93. The summed E-state index contributed by atoms with van der Waals surface area (Å²) >= 11 is 0. The molecular formula is C21H23N3O. The van der Waals surface area contributed by atoms with E-state index in [2.05, 4.69) is 54.9 Å². The van der Waals surface area contributed by atoms with Crippen molar-refractivity contribution in [3.05, 3.63) is 64.6 Å². The number of nitrogens with zero attached hydrogens (tertiary/aromatic N) is 2. The highest BCUT2D eigenvalue weighted by Crippen LogP contribution is 2.28. The van der Waals surface area contributed by atoms with Crippen LogP contribution in [0.3, 0.4) is 0 Å². The maximum Gasteiger partial charge on any atom is 0.227 e. The van der Waals surface area contributed by atoms with Gasteiger partial charge in [-0.15, -0.1) is 0 Å². The van der Waals surface area contributed by atoms with Crippen molar-refractivity contribution in [1.82, 2.24) is 9.38 Å². The number of hydrogen-bond acceptors (Lipinski definition) is 2. The Morgan fingerprint density at radius 3 is 2.92 bits per heavy atom. The van der Waals surface area contributed by atoms with Crippen LogP contribution in [0.1, 0.15) is 34.5 Å². The van der Waals surface area contributed by atoms with Gasteiger partial charge in [-0.05, 0) is 68.5 Å². The van der Waals surface area contributed by atoms with E-state index in [4.69, 9.17) is 4.98 Å². The Labute approximate surface area is 147 Å². The fourth-order valence-corrected chi connectivity index (χ4v) is 3.65. The number of pyridine rings is 1. The van der Waals surface area contributed by atoms with E-state index in [1.807, 2.05) is 12.1 Å². The molecule has 1 amide bonds. The first-order chi connectivity index (χ1) is 12.0. The topological polar surface area (TPSA) is 46.4 Å². The van der Waals surface area contributed by atoms with Crippen LogP contribution in [0, 0.1) is 26.7 Å². The van der Waals surface area contributed by atoms with Gasteiger partial charge in [0.05, 0.1) is 5.69 Å². The van der Waals surface area contributed by atoms with Gasteiger partial charge >= 0.3 is 0 Å². The van der Waals surface area contributed by atoms with Gasteiger partial charge in [0.2, 0.25) is 5.91 Å². The molecule has 1 unspecified atom stereocenters. The molecule has 1 aliphatic rings. The number of fused-ring (bicyclic) bond motifs is 3. The normalized spacial score (nSPS) is 16.7. The average molecular weight is 333 g/mol. The fraction of sp³-hybridized carbons (Fsp3) is 0.333. The summed E-state index contributed by atoms with van der Waals surface area (Å²) in [5.74, 6) is 0.107.